The first-order valence-corrected chi connectivity index (χ1v) is 7.25. The highest BCUT2D eigenvalue weighted by Crippen LogP contribution is 2.13. The summed E-state index contributed by atoms with van der Waals surface area (Å²) in [6, 6.07) is 0. The third-order valence-corrected chi connectivity index (χ3v) is 3.54. The van der Waals surface area contributed by atoms with E-state index in [0.717, 1.165) is 0 Å². The monoisotopic (exact) mass is 348 g/mol. The Balaban J connectivity index is 2.60. The van der Waals surface area contributed by atoms with Gasteiger partial charge in [-0.3, -0.25) is 9.97 Å². The summed E-state index contributed by atoms with van der Waals surface area (Å²) in [4.78, 5) is 8.13. The van der Waals surface area contributed by atoms with Crippen molar-refractivity contribution in [2.45, 2.75) is 24.4 Å². The minimum atomic E-state index is -1.45. The van der Waals surface area contributed by atoms with Crippen molar-refractivity contribution in [2.24, 2.45) is 0 Å². The maximum Gasteiger partial charge on any atom is 0.137 e. The molecule has 0 fully saturated rings. The standard InChI is InChI=1S/C14H24N2O8/c17-5-13(6-18,7-19)23-3-11-1-15-12(2-16-11)4-24-14(8-20,9-21)10-22/h1-2,17-22H,3-10H2. The number of rotatable bonds is 12. The molecule has 138 valence electrons. The van der Waals surface area contributed by atoms with Crippen LogP contribution in [0.3, 0.4) is 0 Å². The van der Waals surface area contributed by atoms with E-state index < -0.39 is 50.8 Å². The van der Waals surface area contributed by atoms with Crippen molar-refractivity contribution in [3.8, 4) is 0 Å². The SMILES string of the molecule is OCC(CO)(CO)OCc1cnc(COC(CO)(CO)CO)cn1. The van der Waals surface area contributed by atoms with Crippen molar-refractivity contribution in [3.63, 3.8) is 0 Å². The largest absolute Gasteiger partial charge is 0.393 e. The zero-order valence-electron chi connectivity index (χ0n) is 13.2. The molecule has 0 radical (unpaired) electrons. The van der Waals surface area contributed by atoms with Crippen molar-refractivity contribution in [1.82, 2.24) is 9.97 Å². The van der Waals surface area contributed by atoms with E-state index in [1.54, 1.807) is 0 Å². The van der Waals surface area contributed by atoms with Crippen LogP contribution < -0.4 is 0 Å². The van der Waals surface area contributed by atoms with Gasteiger partial charge in [-0.05, 0) is 0 Å². The van der Waals surface area contributed by atoms with Crippen molar-refractivity contribution >= 4 is 0 Å². The van der Waals surface area contributed by atoms with Crippen LogP contribution in [0.5, 0.6) is 0 Å². The van der Waals surface area contributed by atoms with Gasteiger partial charge < -0.3 is 40.1 Å². The summed E-state index contributed by atoms with van der Waals surface area (Å²) in [5.41, 5.74) is -2.11. The number of hydrogen-bond donors (Lipinski definition) is 6. The highest BCUT2D eigenvalue weighted by Gasteiger charge is 2.30. The molecule has 0 saturated heterocycles. The summed E-state index contributed by atoms with van der Waals surface area (Å²) in [6.45, 7) is -3.46. The van der Waals surface area contributed by atoms with Crippen LogP contribution in [0.2, 0.25) is 0 Å². The third-order valence-electron chi connectivity index (χ3n) is 3.54. The summed E-state index contributed by atoms with van der Waals surface area (Å²) in [5, 5.41) is 54.9. The quantitative estimate of drug-likeness (QED) is 0.228. The van der Waals surface area contributed by atoms with Crippen molar-refractivity contribution in [2.75, 3.05) is 39.6 Å². The van der Waals surface area contributed by atoms with Crippen LogP contribution in [-0.2, 0) is 22.7 Å². The predicted octanol–water partition coefficient (Wildman–Crippen LogP) is -3.06. The van der Waals surface area contributed by atoms with Gasteiger partial charge in [0.2, 0.25) is 0 Å². The Labute approximate surface area is 139 Å². The summed E-state index contributed by atoms with van der Waals surface area (Å²) in [6.07, 6.45) is 2.77. The Hall–Kier alpha value is -1.24. The lowest BCUT2D eigenvalue weighted by Crippen LogP contribution is -2.44. The Morgan fingerprint density at radius 1 is 0.625 bits per heavy atom. The summed E-state index contributed by atoms with van der Waals surface area (Å²) >= 11 is 0. The molecular weight excluding hydrogens is 324 g/mol. The average molecular weight is 348 g/mol. The fourth-order valence-electron chi connectivity index (χ4n) is 1.56. The molecule has 1 rings (SSSR count). The Kier molecular flexibility index (Phi) is 8.59. The van der Waals surface area contributed by atoms with E-state index in [1.807, 2.05) is 0 Å². The second-order valence-corrected chi connectivity index (χ2v) is 5.39. The lowest BCUT2D eigenvalue weighted by molar-refractivity contribution is -0.142. The zero-order chi connectivity index (χ0) is 18.1. The molecule has 0 aliphatic heterocycles. The van der Waals surface area contributed by atoms with E-state index in [0.29, 0.717) is 11.4 Å². The van der Waals surface area contributed by atoms with Gasteiger partial charge in [-0.1, -0.05) is 0 Å². The third kappa shape index (κ3) is 5.40. The molecule has 1 aromatic rings. The Morgan fingerprint density at radius 2 is 0.917 bits per heavy atom. The molecule has 10 nitrogen and oxygen atoms in total. The molecule has 1 heterocycles. The molecular formula is C14H24N2O8. The van der Waals surface area contributed by atoms with Crippen molar-refractivity contribution in [1.29, 1.82) is 0 Å². The van der Waals surface area contributed by atoms with E-state index in [9.17, 15) is 0 Å². The molecule has 6 N–H and O–H groups in total. The number of aliphatic hydroxyl groups excluding tert-OH is 6. The molecule has 0 aromatic carbocycles. The smallest absolute Gasteiger partial charge is 0.137 e. The second kappa shape index (κ2) is 9.91. The van der Waals surface area contributed by atoms with Gasteiger partial charge in [0, 0.05) is 0 Å². The molecule has 0 atom stereocenters. The van der Waals surface area contributed by atoms with E-state index in [-0.39, 0.29) is 13.2 Å². The summed E-state index contributed by atoms with van der Waals surface area (Å²) in [5.74, 6) is 0. The van der Waals surface area contributed by atoms with Gasteiger partial charge in [0.15, 0.2) is 0 Å². The van der Waals surface area contributed by atoms with Crippen LogP contribution in [0.25, 0.3) is 0 Å². The highest BCUT2D eigenvalue weighted by molar-refractivity contribution is 5.01. The van der Waals surface area contributed by atoms with Crippen LogP contribution in [0, 0.1) is 0 Å². The van der Waals surface area contributed by atoms with E-state index in [4.69, 9.17) is 40.1 Å². The van der Waals surface area contributed by atoms with Crippen LogP contribution in [-0.4, -0.2) is 91.5 Å². The maximum absolute atomic E-state index is 9.16. The molecule has 0 bridgehead atoms. The lowest BCUT2D eigenvalue weighted by Gasteiger charge is -2.27. The first kappa shape index (κ1) is 20.8. The fourth-order valence-corrected chi connectivity index (χ4v) is 1.56. The van der Waals surface area contributed by atoms with Gasteiger partial charge in [-0.15, -0.1) is 0 Å². The van der Waals surface area contributed by atoms with Crippen LogP contribution in [0.15, 0.2) is 12.4 Å². The van der Waals surface area contributed by atoms with Gasteiger partial charge >= 0.3 is 0 Å². The average Bonchev–Trinajstić information content (AvgIpc) is 2.66. The molecule has 10 heteroatoms. The van der Waals surface area contributed by atoms with Crippen LogP contribution >= 0.6 is 0 Å². The predicted molar refractivity (Wildman–Crippen MR) is 79.6 cm³/mol. The molecule has 0 aliphatic rings. The first-order chi connectivity index (χ1) is 11.5. The molecule has 0 spiro atoms. The lowest BCUT2D eigenvalue weighted by atomic mass is 10.1. The summed E-state index contributed by atoms with van der Waals surface area (Å²) in [7, 11) is 0. The van der Waals surface area contributed by atoms with Gasteiger partial charge in [-0.25, -0.2) is 0 Å². The molecule has 0 unspecified atom stereocenters. The summed E-state index contributed by atoms with van der Waals surface area (Å²) < 4.78 is 10.6. The Bertz CT molecular complexity index is 403. The number of ether oxygens (including phenoxy) is 2. The number of hydrogen-bond acceptors (Lipinski definition) is 10. The van der Waals surface area contributed by atoms with Gasteiger partial charge in [0.25, 0.3) is 0 Å². The first-order valence-electron chi connectivity index (χ1n) is 7.25. The maximum atomic E-state index is 9.16. The zero-order valence-corrected chi connectivity index (χ0v) is 13.2. The highest BCUT2D eigenvalue weighted by atomic mass is 16.5. The van der Waals surface area contributed by atoms with Crippen molar-refractivity contribution in [3.05, 3.63) is 23.8 Å². The number of aliphatic hydroxyl groups is 6. The van der Waals surface area contributed by atoms with Gasteiger partial charge in [0.1, 0.15) is 11.2 Å². The molecule has 0 amide bonds. The van der Waals surface area contributed by atoms with E-state index in [1.165, 1.54) is 12.4 Å². The van der Waals surface area contributed by atoms with Gasteiger partial charge in [0.05, 0.1) is 76.6 Å². The molecule has 24 heavy (non-hydrogen) atoms. The topological polar surface area (TPSA) is 166 Å². The number of aromatic nitrogens is 2. The van der Waals surface area contributed by atoms with Crippen LogP contribution in [0.4, 0.5) is 0 Å². The second-order valence-electron chi connectivity index (χ2n) is 5.39. The van der Waals surface area contributed by atoms with E-state index >= 15 is 0 Å². The molecule has 1 aromatic heterocycles. The normalized spacial score (nSPS) is 12.6. The molecule has 0 aliphatic carbocycles. The van der Waals surface area contributed by atoms with Crippen LogP contribution in [0.1, 0.15) is 11.4 Å². The Morgan fingerprint density at radius 3 is 1.12 bits per heavy atom. The minimum Gasteiger partial charge on any atom is -0.393 e. The van der Waals surface area contributed by atoms with E-state index in [2.05, 4.69) is 9.97 Å². The number of nitrogens with zero attached hydrogens (tertiary/aromatic N) is 2. The molecule has 0 saturated carbocycles. The van der Waals surface area contributed by atoms with Gasteiger partial charge in [-0.2, -0.15) is 0 Å². The van der Waals surface area contributed by atoms with Crippen molar-refractivity contribution < 1.29 is 40.1 Å². The fraction of sp³-hybridized carbons (Fsp3) is 0.714. The minimum absolute atomic E-state index is 0.0797.